The molecule has 2 N–H and O–H groups in total. The van der Waals surface area contributed by atoms with Gasteiger partial charge in [0.05, 0.1) is 11.1 Å². The van der Waals surface area contributed by atoms with E-state index in [1.807, 2.05) is 0 Å². The Morgan fingerprint density at radius 3 is 2.58 bits per heavy atom. The molecule has 4 amide bonds. The molecular weight excluding hydrogens is 426 g/mol. The third-order valence-electron chi connectivity index (χ3n) is 6.25. The van der Waals surface area contributed by atoms with E-state index < -0.39 is 29.7 Å². The molecule has 1 atom stereocenters. The van der Waals surface area contributed by atoms with Crippen molar-refractivity contribution in [2.24, 2.45) is 0 Å². The lowest BCUT2D eigenvalue weighted by Gasteiger charge is -2.27. The number of aryl methyl sites for hydroxylation is 1. The number of aromatic nitrogens is 2. The van der Waals surface area contributed by atoms with Crippen molar-refractivity contribution in [2.45, 2.75) is 50.6 Å². The molecule has 1 unspecified atom stereocenters. The fourth-order valence-electron chi connectivity index (χ4n) is 4.36. The molecule has 33 heavy (non-hydrogen) atoms. The number of fused-ring (bicyclic) bond motifs is 1. The van der Waals surface area contributed by atoms with Crippen molar-refractivity contribution in [2.75, 3.05) is 11.9 Å². The summed E-state index contributed by atoms with van der Waals surface area (Å²) in [5, 5.41) is 5.28. The predicted octanol–water partition coefficient (Wildman–Crippen LogP) is 1.02. The molecule has 1 saturated carbocycles. The number of carbonyl (C=O) groups is 4. The van der Waals surface area contributed by atoms with Gasteiger partial charge in [0.2, 0.25) is 11.8 Å². The molecule has 2 aromatic rings. The van der Waals surface area contributed by atoms with Crippen LogP contribution in [0, 0.1) is 0 Å². The van der Waals surface area contributed by atoms with Crippen molar-refractivity contribution in [3.63, 3.8) is 0 Å². The van der Waals surface area contributed by atoms with E-state index in [-0.39, 0.29) is 35.6 Å². The minimum Gasteiger partial charge on any atom is -0.365 e. The van der Waals surface area contributed by atoms with Gasteiger partial charge in [-0.25, -0.2) is 4.98 Å². The van der Waals surface area contributed by atoms with Crippen molar-refractivity contribution in [3.05, 3.63) is 57.6 Å². The summed E-state index contributed by atoms with van der Waals surface area (Å²) in [6, 6.07) is 4.39. The quantitative estimate of drug-likeness (QED) is 0.477. The molecule has 1 aliphatic carbocycles. The van der Waals surface area contributed by atoms with Crippen LogP contribution in [-0.2, 0) is 16.0 Å². The van der Waals surface area contributed by atoms with Crippen LogP contribution in [0.25, 0.3) is 0 Å². The summed E-state index contributed by atoms with van der Waals surface area (Å²) in [5.74, 6) is -1.72. The Labute approximate surface area is 189 Å². The van der Waals surface area contributed by atoms with Gasteiger partial charge >= 0.3 is 0 Å². The molecule has 0 spiro atoms. The van der Waals surface area contributed by atoms with Gasteiger partial charge in [0, 0.05) is 31.4 Å². The molecule has 2 fully saturated rings. The second-order valence-electron chi connectivity index (χ2n) is 8.58. The minimum absolute atomic E-state index is 0.0874. The molecule has 5 rings (SSSR count). The van der Waals surface area contributed by atoms with E-state index in [1.54, 1.807) is 35.2 Å². The van der Waals surface area contributed by atoms with E-state index in [2.05, 4.69) is 15.6 Å². The van der Waals surface area contributed by atoms with Crippen LogP contribution in [0.15, 0.2) is 35.4 Å². The summed E-state index contributed by atoms with van der Waals surface area (Å²) < 4.78 is 1.71. The first-order valence-corrected chi connectivity index (χ1v) is 11.1. The molecule has 10 nitrogen and oxygen atoms in total. The van der Waals surface area contributed by atoms with Crippen molar-refractivity contribution >= 4 is 29.4 Å². The number of piperidine rings is 1. The van der Waals surface area contributed by atoms with Gasteiger partial charge in [-0.05, 0) is 49.8 Å². The fraction of sp³-hybridized carbons (Fsp3) is 0.391. The average molecular weight is 449 g/mol. The summed E-state index contributed by atoms with van der Waals surface area (Å²) in [4.78, 5) is 66.8. The highest BCUT2D eigenvalue weighted by Gasteiger charge is 2.44. The molecule has 10 heteroatoms. The molecule has 2 aliphatic heterocycles. The largest absolute Gasteiger partial charge is 0.365 e. The molecular formula is C23H23N5O5. The van der Waals surface area contributed by atoms with E-state index >= 15 is 0 Å². The van der Waals surface area contributed by atoms with Crippen molar-refractivity contribution in [3.8, 4) is 0 Å². The number of hydrogen-bond acceptors (Lipinski definition) is 7. The third-order valence-corrected chi connectivity index (χ3v) is 6.25. The van der Waals surface area contributed by atoms with Gasteiger partial charge in [0.25, 0.3) is 17.4 Å². The lowest BCUT2D eigenvalue weighted by atomic mass is 10.0. The van der Waals surface area contributed by atoms with Crippen molar-refractivity contribution in [1.82, 2.24) is 19.8 Å². The Kier molecular flexibility index (Phi) is 5.27. The van der Waals surface area contributed by atoms with Gasteiger partial charge in [-0.2, -0.15) is 0 Å². The number of hydrogen-bond donors (Lipinski definition) is 2. The van der Waals surface area contributed by atoms with Crippen LogP contribution >= 0.6 is 0 Å². The molecule has 1 saturated heterocycles. The molecule has 3 aliphatic rings. The van der Waals surface area contributed by atoms with Gasteiger partial charge in [-0.1, -0.05) is 6.07 Å². The zero-order chi connectivity index (χ0) is 23.1. The fourth-order valence-corrected chi connectivity index (χ4v) is 4.36. The Balaban J connectivity index is 1.22. The number of amides is 4. The number of benzene rings is 1. The number of nitrogens with one attached hydrogen (secondary N) is 2. The molecule has 3 heterocycles. The van der Waals surface area contributed by atoms with Crippen molar-refractivity contribution < 1.29 is 19.2 Å². The summed E-state index contributed by atoms with van der Waals surface area (Å²) >= 11 is 0. The lowest BCUT2D eigenvalue weighted by molar-refractivity contribution is -0.136. The molecule has 1 aromatic heterocycles. The van der Waals surface area contributed by atoms with Gasteiger partial charge in [-0.15, -0.1) is 0 Å². The first-order chi connectivity index (χ1) is 15.9. The van der Waals surface area contributed by atoms with E-state index in [9.17, 15) is 24.0 Å². The highest BCUT2D eigenvalue weighted by atomic mass is 16.2. The molecule has 0 bridgehead atoms. The second kappa shape index (κ2) is 8.27. The Morgan fingerprint density at radius 1 is 1.03 bits per heavy atom. The molecule has 1 aromatic carbocycles. The van der Waals surface area contributed by atoms with Gasteiger partial charge in [-0.3, -0.25) is 34.2 Å². The zero-order valence-corrected chi connectivity index (χ0v) is 17.9. The van der Waals surface area contributed by atoms with E-state index in [1.165, 1.54) is 0 Å². The Bertz CT molecular complexity index is 1230. The van der Waals surface area contributed by atoms with Crippen LogP contribution in [0.2, 0.25) is 0 Å². The normalized spacial score (nSPS) is 20.1. The Hall–Kier alpha value is -3.82. The maximum atomic E-state index is 12.9. The van der Waals surface area contributed by atoms with Crippen LogP contribution < -0.4 is 16.2 Å². The maximum Gasteiger partial charge on any atom is 0.293 e. The number of nitrogens with zero attached hydrogens (tertiary/aromatic N) is 3. The predicted molar refractivity (Wildman–Crippen MR) is 117 cm³/mol. The van der Waals surface area contributed by atoms with E-state index in [0.29, 0.717) is 25.2 Å². The number of imide groups is 2. The van der Waals surface area contributed by atoms with Gasteiger partial charge < -0.3 is 9.88 Å². The summed E-state index contributed by atoms with van der Waals surface area (Å²) in [6.45, 7) is 0.531. The first-order valence-electron chi connectivity index (χ1n) is 11.1. The highest BCUT2D eigenvalue weighted by Crippen LogP contribution is 2.33. The van der Waals surface area contributed by atoms with Gasteiger partial charge in [0.1, 0.15) is 6.04 Å². The maximum absolute atomic E-state index is 12.9. The van der Waals surface area contributed by atoms with E-state index in [0.717, 1.165) is 23.3 Å². The van der Waals surface area contributed by atoms with Crippen molar-refractivity contribution in [1.29, 1.82) is 0 Å². The summed E-state index contributed by atoms with van der Waals surface area (Å²) in [5.41, 5.74) is 1.29. The molecule has 0 radical (unpaired) electrons. The van der Waals surface area contributed by atoms with Gasteiger partial charge in [0.15, 0.2) is 5.82 Å². The third kappa shape index (κ3) is 3.92. The summed E-state index contributed by atoms with van der Waals surface area (Å²) in [7, 11) is 0. The van der Waals surface area contributed by atoms with Crippen LogP contribution in [-0.4, -0.2) is 50.7 Å². The standard InChI is InChI=1S/C23H23N5O5/c29-18-8-7-17(20(30)26-18)28-21(31)15-6-3-13(12-16(15)22(28)32)2-1-9-24-19-23(33)27(11-10-25-19)14-4-5-14/h3,6,10-12,14,17H,1-2,4-5,7-9H2,(H,24,25)(H,26,29,30). The molecule has 170 valence electrons. The van der Waals surface area contributed by atoms with Crippen LogP contribution in [0.1, 0.15) is 64.4 Å². The van der Waals surface area contributed by atoms with E-state index in [4.69, 9.17) is 0 Å². The second-order valence-corrected chi connectivity index (χ2v) is 8.58. The number of rotatable bonds is 7. The van der Waals surface area contributed by atoms with Crippen LogP contribution in [0.4, 0.5) is 5.82 Å². The van der Waals surface area contributed by atoms with Crippen LogP contribution in [0.5, 0.6) is 0 Å². The average Bonchev–Trinajstić information content (AvgIpc) is 3.61. The van der Waals surface area contributed by atoms with Crippen LogP contribution in [0.3, 0.4) is 0 Å². The monoisotopic (exact) mass is 449 g/mol. The number of carbonyl (C=O) groups excluding carboxylic acids is 4. The summed E-state index contributed by atoms with van der Waals surface area (Å²) in [6.07, 6.45) is 6.91. The minimum atomic E-state index is -0.971. The zero-order valence-electron chi connectivity index (χ0n) is 17.9. The highest BCUT2D eigenvalue weighted by molar-refractivity contribution is 6.23. The topological polar surface area (TPSA) is 130 Å². The number of anilines is 1. The lowest BCUT2D eigenvalue weighted by Crippen LogP contribution is -2.54. The Morgan fingerprint density at radius 2 is 1.82 bits per heavy atom. The SMILES string of the molecule is O=C1CCC(N2C(=O)c3ccc(CCCNc4nccn(C5CC5)c4=O)cc3C2=O)C(=O)N1. The first kappa shape index (κ1) is 21.0. The smallest absolute Gasteiger partial charge is 0.293 e.